The van der Waals surface area contributed by atoms with Crippen molar-refractivity contribution in [3.05, 3.63) is 36.0 Å². The van der Waals surface area contributed by atoms with Crippen LogP contribution in [-0.2, 0) is 18.4 Å². The number of nitrogens with zero attached hydrogens (tertiary/aromatic N) is 3. The Balaban J connectivity index is 1.33. The summed E-state index contributed by atoms with van der Waals surface area (Å²) < 4.78 is 14.5. The van der Waals surface area contributed by atoms with Gasteiger partial charge in [0.05, 0.1) is 12.3 Å². The van der Waals surface area contributed by atoms with E-state index < -0.39 is 5.79 Å². The van der Waals surface area contributed by atoms with E-state index >= 15 is 0 Å². The predicted octanol–water partition coefficient (Wildman–Crippen LogP) is 3.34. The molecule has 0 amide bonds. The van der Waals surface area contributed by atoms with Crippen molar-refractivity contribution in [2.24, 2.45) is 7.05 Å². The van der Waals surface area contributed by atoms with Crippen LogP contribution in [0.3, 0.4) is 0 Å². The number of aromatic nitrogens is 2. The van der Waals surface area contributed by atoms with Gasteiger partial charge in [-0.15, -0.1) is 0 Å². The van der Waals surface area contributed by atoms with Gasteiger partial charge in [-0.3, -0.25) is 9.58 Å². The average Bonchev–Trinajstić information content (AvgIpc) is 3.01. The largest absolute Gasteiger partial charge is 0.462 e. The fourth-order valence-corrected chi connectivity index (χ4v) is 4.28. The molecule has 2 fully saturated rings. The summed E-state index contributed by atoms with van der Waals surface area (Å²) in [4.78, 5) is 2.63. The Morgan fingerprint density at radius 2 is 2.00 bits per heavy atom. The topological polar surface area (TPSA) is 39.5 Å². The van der Waals surface area contributed by atoms with Crippen molar-refractivity contribution in [1.29, 1.82) is 0 Å². The van der Waals surface area contributed by atoms with Gasteiger partial charge in [0, 0.05) is 56.3 Å². The lowest BCUT2D eigenvalue weighted by molar-refractivity contribution is -0.231. The van der Waals surface area contributed by atoms with Crippen LogP contribution in [0, 0.1) is 0 Å². The van der Waals surface area contributed by atoms with Gasteiger partial charge in [0.25, 0.3) is 0 Å². The van der Waals surface area contributed by atoms with Crippen molar-refractivity contribution in [1.82, 2.24) is 14.7 Å². The van der Waals surface area contributed by atoms with Crippen LogP contribution < -0.4 is 4.74 Å². The summed E-state index contributed by atoms with van der Waals surface area (Å²) in [7, 11) is 1.96. The summed E-state index contributed by atoms with van der Waals surface area (Å²) in [5.74, 6) is 0.565. The second kappa shape index (κ2) is 5.85. The molecule has 3 heterocycles. The minimum atomic E-state index is -0.415. The van der Waals surface area contributed by atoms with Crippen molar-refractivity contribution in [3.63, 3.8) is 0 Å². The van der Waals surface area contributed by atoms with Gasteiger partial charge in [0.15, 0.2) is 0 Å². The predicted molar refractivity (Wildman–Crippen MR) is 95.2 cm³/mol. The third kappa shape index (κ3) is 2.66. The molecule has 2 aliphatic heterocycles. The van der Waals surface area contributed by atoms with Crippen molar-refractivity contribution in [2.45, 2.75) is 50.5 Å². The van der Waals surface area contributed by atoms with Gasteiger partial charge in [0.1, 0.15) is 5.75 Å². The van der Waals surface area contributed by atoms with Gasteiger partial charge in [-0.25, -0.2) is 0 Å². The summed E-state index contributed by atoms with van der Waals surface area (Å²) in [6.45, 7) is 2.81. The number of piperidine rings is 1. The molecule has 0 N–H and O–H groups in total. The van der Waals surface area contributed by atoms with Gasteiger partial charge in [-0.1, -0.05) is 6.42 Å². The molecule has 5 rings (SSSR count). The third-order valence-electron chi connectivity index (χ3n) is 6.11. The zero-order valence-corrected chi connectivity index (χ0v) is 14.8. The molecule has 1 aromatic carbocycles. The Kier molecular flexibility index (Phi) is 3.61. The highest BCUT2D eigenvalue weighted by Crippen LogP contribution is 2.40. The van der Waals surface area contributed by atoms with Gasteiger partial charge in [-0.05, 0) is 37.1 Å². The molecule has 1 spiro atoms. The molecular formula is C20H25N3O2. The highest BCUT2D eigenvalue weighted by Gasteiger charge is 2.42. The first kappa shape index (κ1) is 15.4. The highest BCUT2D eigenvalue weighted by molar-refractivity contribution is 5.62. The molecule has 25 heavy (non-hydrogen) atoms. The fraction of sp³-hybridized carbons (Fsp3) is 0.550. The number of fused-ring (bicyclic) bond motifs is 1. The molecule has 0 atom stereocenters. The van der Waals surface area contributed by atoms with E-state index in [1.54, 1.807) is 0 Å². The molecule has 5 nitrogen and oxygen atoms in total. The first-order chi connectivity index (χ1) is 12.2. The van der Waals surface area contributed by atoms with Gasteiger partial charge in [-0.2, -0.15) is 5.10 Å². The Bertz CT molecular complexity index is 773. The van der Waals surface area contributed by atoms with E-state index in [0.717, 1.165) is 54.5 Å². The number of likely N-dealkylation sites (tertiary alicyclic amines) is 1. The van der Waals surface area contributed by atoms with Crippen LogP contribution in [0.5, 0.6) is 5.75 Å². The van der Waals surface area contributed by atoms with Crippen LogP contribution in [-0.4, -0.2) is 39.6 Å². The molecule has 0 bridgehead atoms. The highest BCUT2D eigenvalue weighted by atomic mass is 16.7. The minimum absolute atomic E-state index is 0.415. The van der Waals surface area contributed by atoms with Crippen LogP contribution in [0.15, 0.2) is 30.5 Å². The molecule has 1 saturated heterocycles. The minimum Gasteiger partial charge on any atom is -0.462 e. The van der Waals surface area contributed by atoms with Crippen molar-refractivity contribution in [3.8, 4) is 17.0 Å². The van der Waals surface area contributed by atoms with Crippen LogP contribution in [0.25, 0.3) is 11.3 Å². The molecule has 5 heteroatoms. The van der Waals surface area contributed by atoms with Crippen LogP contribution >= 0.6 is 0 Å². The number of ether oxygens (including phenoxy) is 2. The maximum atomic E-state index is 6.37. The maximum Gasteiger partial charge on any atom is 0.213 e. The van der Waals surface area contributed by atoms with Gasteiger partial charge < -0.3 is 9.47 Å². The zero-order chi connectivity index (χ0) is 16.9. The number of rotatable bonds is 2. The molecule has 1 saturated carbocycles. The number of hydrogen-bond donors (Lipinski definition) is 0. The Labute approximate surface area is 148 Å². The molecule has 2 aromatic rings. The molecular weight excluding hydrogens is 314 g/mol. The second-order valence-corrected chi connectivity index (χ2v) is 7.58. The van der Waals surface area contributed by atoms with Crippen LogP contribution in [0.2, 0.25) is 0 Å². The van der Waals surface area contributed by atoms with Gasteiger partial charge >= 0.3 is 0 Å². The quantitative estimate of drug-likeness (QED) is 0.841. The normalized spacial score (nSPS) is 23.1. The molecule has 0 radical (unpaired) electrons. The summed E-state index contributed by atoms with van der Waals surface area (Å²) in [6.07, 6.45) is 7.89. The lowest BCUT2D eigenvalue weighted by Gasteiger charge is -2.47. The Morgan fingerprint density at radius 3 is 2.68 bits per heavy atom. The summed E-state index contributed by atoms with van der Waals surface area (Å²) in [6, 6.07) is 9.24. The van der Waals surface area contributed by atoms with Gasteiger partial charge in [0.2, 0.25) is 5.79 Å². The molecule has 1 aromatic heterocycles. The first-order valence-corrected chi connectivity index (χ1v) is 9.41. The third-order valence-corrected chi connectivity index (χ3v) is 6.11. The van der Waals surface area contributed by atoms with E-state index in [0.29, 0.717) is 6.61 Å². The molecule has 1 aliphatic carbocycles. The van der Waals surface area contributed by atoms with E-state index in [1.165, 1.54) is 19.3 Å². The lowest BCUT2D eigenvalue weighted by Crippen LogP contribution is -2.54. The van der Waals surface area contributed by atoms with Crippen molar-refractivity contribution >= 4 is 0 Å². The summed E-state index contributed by atoms with van der Waals surface area (Å²) in [5.41, 5.74) is 3.39. The number of benzene rings is 1. The first-order valence-electron chi connectivity index (χ1n) is 9.41. The second-order valence-electron chi connectivity index (χ2n) is 7.58. The fourth-order valence-electron chi connectivity index (χ4n) is 4.28. The van der Waals surface area contributed by atoms with E-state index in [4.69, 9.17) is 9.47 Å². The smallest absolute Gasteiger partial charge is 0.213 e. The van der Waals surface area contributed by atoms with Crippen molar-refractivity contribution < 1.29 is 9.47 Å². The average molecular weight is 339 g/mol. The van der Waals surface area contributed by atoms with E-state index in [9.17, 15) is 0 Å². The van der Waals surface area contributed by atoms with E-state index in [-0.39, 0.29) is 0 Å². The maximum absolute atomic E-state index is 6.37. The zero-order valence-electron chi connectivity index (χ0n) is 14.8. The lowest BCUT2D eigenvalue weighted by atomic mass is 9.89. The standard InChI is InChI=1S/C20H25N3O2/c1-22-18(7-10-21-22)15-5-6-19-16(13-15)14-24-20(25-19)8-11-23(12-9-20)17-3-2-4-17/h5-7,10,13,17H,2-4,8-9,11-12,14H2,1H3. The molecule has 3 aliphatic rings. The van der Waals surface area contributed by atoms with E-state index in [2.05, 4.69) is 28.2 Å². The summed E-state index contributed by atoms with van der Waals surface area (Å²) in [5, 5.41) is 4.26. The monoisotopic (exact) mass is 339 g/mol. The summed E-state index contributed by atoms with van der Waals surface area (Å²) >= 11 is 0. The van der Waals surface area contributed by atoms with Crippen LogP contribution in [0.1, 0.15) is 37.7 Å². The van der Waals surface area contributed by atoms with Crippen LogP contribution in [0.4, 0.5) is 0 Å². The molecule has 132 valence electrons. The SMILES string of the molecule is Cn1nccc1-c1ccc2c(c1)COC1(CCN(C3CCC3)CC1)O2. The Morgan fingerprint density at radius 1 is 1.16 bits per heavy atom. The van der Waals surface area contributed by atoms with E-state index in [1.807, 2.05) is 24.0 Å². The Hall–Kier alpha value is -1.85. The van der Waals surface area contributed by atoms with Crippen molar-refractivity contribution in [2.75, 3.05) is 13.1 Å². The number of aryl methyl sites for hydroxylation is 1. The number of hydrogen-bond acceptors (Lipinski definition) is 4. The molecule has 0 unspecified atom stereocenters.